The predicted octanol–water partition coefficient (Wildman–Crippen LogP) is 3.90. The van der Waals surface area contributed by atoms with E-state index in [9.17, 15) is 4.79 Å². The van der Waals surface area contributed by atoms with E-state index in [1.54, 1.807) is 0 Å². The van der Waals surface area contributed by atoms with Crippen LogP contribution < -0.4 is 10.1 Å². The average Bonchev–Trinajstić information content (AvgIpc) is 2.70. The highest BCUT2D eigenvalue weighted by Crippen LogP contribution is 2.46. The molecule has 2 aliphatic rings. The third kappa shape index (κ3) is 4.78. The van der Waals surface area contributed by atoms with Crippen molar-refractivity contribution < 1.29 is 9.53 Å². The minimum atomic E-state index is -0.169. The number of pyridine rings is 1. The SMILES string of the molecule is CC(C)NC(=O)C[C@@H]1CC2(CCN(Cc3ccccn3)CC2)Oc2ccccc21. The number of amides is 1. The molecule has 1 spiro atoms. The third-order valence-corrected chi connectivity index (χ3v) is 6.06. The van der Waals surface area contributed by atoms with Crippen molar-refractivity contribution in [2.45, 2.75) is 63.6 Å². The van der Waals surface area contributed by atoms with Crippen LogP contribution in [-0.2, 0) is 11.3 Å². The van der Waals surface area contributed by atoms with E-state index in [0.29, 0.717) is 6.42 Å². The summed E-state index contributed by atoms with van der Waals surface area (Å²) in [6.45, 7) is 6.88. The second kappa shape index (κ2) is 8.54. The summed E-state index contributed by atoms with van der Waals surface area (Å²) in [4.78, 5) is 19.4. The maximum absolute atomic E-state index is 12.5. The van der Waals surface area contributed by atoms with Gasteiger partial charge in [0.2, 0.25) is 5.91 Å². The predicted molar refractivity (Wildman–Crippen MR) is 114 cm³/mol. The van der Waals surface area contributed by atoms with Crippen LogP contribution in [0.4, 0.5) is 0 Å². The maximum atomic E-state index is 12.5. The first-order valence-electron chi connectivity index (χ1n) is 10.7. The number of benzene rings is 1. The molecule has 154 valence electrons. The van der Waals surface area contributed by atoms with Crippen LogP contribution in [0, 0.1) is 0 Å². The van der Waals surface area contributed by atoms with Gasteiger partial charge in [0, 0.05) is 44.2 Å². The number of likely N-dealkylation sites (tertiary alicyclic amines) is 1. The lowest BCUT2D eigenvalue weighted by Crippen LogP contribution is -2.50. The molecular weight excluding hydrogens is 362 g/mol. The first-order chi connectivity index (χ1) is 14.0. The zero-order valence-corrected chi connectivity index (χ0v) is 17.4. The van der Waals surface area contributed by atoms with Crippen LogP contribution in [-0.4, -0.2) is 40.5 Å². The molecule has 2 aliphatic heterocycles. The first-order valence-corrected chi connectivity index (χ1v) is 10.7. The van der Waals surface area contributed by atoms with Gasteiger partial charge in [-0.15, -0.1) is 0 Å². The van der Waals surface area contributed by atoms with Crippen molar-refractivity contribution in [3.63, 3.8) is 0 Å². The number of ether oxygens (including phenoxy) is 1. The molecule has 0 bridgehead atoms. The quantitative estimate of drug-likeness (QED) is 0.837. The number of aromatic nitrogens is 1. The molecule has 4 rings (SSSR count). The highest BCUT2D eigenvalue weighted by atomic mass is 16.5. The number of hydrogen-bond donors (Lipinski definition) is 1. The lowest BCUT2D eigenvalue weighted by atomic mass is 9.76. The fourth-order valence-electron chi connectivity index (χ4n) is 4.68. The number of para-hydroxylation sites is 1. The summed E-state index contributed by atoms with van der Waals surface area (Å²) >= 11 is 0. The number of carbonyl (C=O) groups excluding carboxylic acids is 1. The Morgan fingerprint density at radius 3 is 2.69 bits per heavy atom. The lowest BCUT2D eigenvalue weighted by Gasteiger charge is -2.47. The van der Waals surface area contributed by atoms with Gasteiger partial charge in [-0.05, 0) is 56.9 Å². The third-order valence-electron chi connectivity index (χ3n) is 6.06. The van der Waals surface area contributed by atoms with E-state index in [4.69, 9.17) is 4.74 Å². The molecule has 0 radical (unpaired) electrons. The zero-order valence-electron chi connectivity index (χ0n) is 17.4. The van der Waals surface area contributed by atoms with Crippen LogP contribution in [0.3, 0.4) is 0 Å². The summed E-state index contributed by atoms with van der Waals surface area (Å²) in [5.74, 6) is 1.30. The standard InChI is InChI=1S/C24H31N3O2/c1-18(2)26-23(28)15-19-16-24(29-22-9-4-3-8-21(19)22)10-13-27(14-11-24)17-20-7-5-6-12-25-20/h3-9,12,18-19H,10-11,13-17H2,1-2H3,(H,26,28)/t19-/m1/s1. The molecule has 3 heterocycles. The first kappa shape index (κ1) is 19.9. The van der Waals surface area contributed by atoms with Crippen molar-refractivity contribution >= 4 is 5.91 Å². The normalized spacial score (nSPS) is 20.9. The maximum Gasteiger partial charge on any atom is 0.220 e. The Bertz CT molecular complexity index is 829. The molecule has 1 aromatic heterocycles. The number of fused-ring (bicyclic) bond motifs is 1. The largest absolute Gasteiger partial charge is 0.487 e. The fraction of sp³-hybridized carbons (Fsp3) is 0.500. The highest BCUT2D eigenvalue weighted by molar-refractivity contribution is 5.77. The van der Waals surface area contributed by atoms with Gasteiger partial charge in [0.05, 0.1) is 5.69 Å². The van der Waals surface area contributed by atoms with Crippen molar-refractivity contribution in [3.05, 3.63) is 59.9 Å². The number of carbonyl (C=O) groups is 1. The molecule has 1 amide bonds. The molecule has 5 heteroatoms. The van der Waals surface area contributed by atoms with Gasteiger partial charge >= 0.3 is 0 Å². The minimum Gasteiger partial charge on any atom is -0.487 e. The van der Waals surface area contributed by atoms with Gasteiger partial charge in [-0.25, -0.2) is 0 Å². The molecular formula is C24H31N3O2. The summed E-state index contributed by atoms with van der Waals surface area (Å²) in [7, 11) is 0. The van der Waals surface area contributed by atoms with Crippen LogP contribution in [0.15, 0.2) is 48.7 Å². The van der Waals surface area contributed by atoms with Crippen LogP contribution in [0.2, 0.25) is 0 Å². The molecule has 29 heavy (non-hydrogen) atoms. The smallest absolute Gasteiger partial charge is 0.220 e. The monoisotopic (exact) mass is 393 g/mol. The number of nitrogens with zero attached hydrogens (tertiary/aromatic N) is 2. The number of hydrogen-bond acceptors (Lipinski definition) is 4. The number of rotatable bonds is 5. The van der Waals surface area contributed by atoms with Crippen LogP contribution >= 0.6 is 0 Å². The minimum absolute atomic E-state index is 0.129. The second-order valence-electron chi connectivity index (χ2n) is 8.75. The van der Waals surface area contributed by atoms with E-state index in [1.165, 1.54) is 5.56 Å². The van der Waals surface area contributed by atoms with Gasteiger partial charge in [-0.2, -0.15) is 0 Å². The molecule has 0 saturated carbocycles. The van der Waals surface area contributed by atoms with Gasteiger partial charge < -0.3 is 10.1 Å². The van der Waals surface area contributed by atoms with Crippen molar-refractivity contribution in [2.24, 2.45) is 0 Å². The lowest BCUT2D eigenvalue weighted by molar-refractivity contribution is -0.122. The molecule has 1 saturated heterocycles. The van der Waals surface area contributed by atoms with E-state index >= 15 is 0 Å². The summed E-state index contributed by atoms with van der Waals surface area (Å²) in [5, 5.41) is 3.05. The Kier molecular flexibility index (Phi) is 5.86. The van der Waals surface area contributed by atoms with E-state index < -0.39 is 0 Å². The summed E-state index contributed by atoms with van der Waals surface area (Å²) < 4.78 is 6.58. The van der Waals surface area contributed by atoms with Gasteiger partial charge in [0.15, 0.2) is 0 Å². The summed E-state index contributed by atoms with van der Waals surface area (Å²) in [6.07, 6.45) is 5.26. The van der Waals surface area contributed by atoms with Crippen molar-refractivity contribution in [3.8, 4) is 5.75 Å². The van der Waals surface area contributed by atoms with Crippen molar-refractivity contribution in [1.29, 1.82) is 0 Å². The average molecular weight is 394 g/mol. The van der Waals surface area contributed by atoms with Crippen molar-refractivity contribution in [1.82, 2.24) is 15.2 Å². The second-order valence-corrected chi connectivity index (χ2v) is 8.75. The van der Waals surface area contributed by atoms with E-state index in [1.807, 2.05) is 44.3 Å². The molecule has 2 aromatic rings. The van der Waals surface area contributed by atoms with E-state index in [0.717, 1.165) is 50.3 Å². The Balaban J connectivity index is 1.45. The van der Waals surface area contributed by atoms with E-state index in [2.05, 4.69) is 33.4 Å². The fourth-order valence-corrected chi connectivity index (χ4v) is 4.68. The van der Waals surface area contributed by atoms with Gasteiger partial charge in [0.25, 0.3) is 0 Å². The molecule has 1 N–H and O–H groups in total. The summed E-state index contributed by atoms with van der Waals surface area (Å²) in [6, 6.07) is 14.5. The molecule has 0 unspecified atom stereocenters. The van der Waals surface area contributed by atoms with Crippen LogP contribution in [0.1, 0.15) is 56.7 Å². The molecule has 1 fully saturated rings. The Hall–Kier alpha value is -2.40. The number of nitrogens with one attached hydrogen (secondary N) is 1. The Morgan fingerprint density at radius 2 is 1.97 bits per heavy atom. The van der Waals surface area contributed by atoms with Crippen molar-refractivity contribution in [2.75, 3.05) is 13.1 Å². The topological polar surface area (TPSA) is 54.5 Å². The Labute approximate surface area is 173 Å². The molecule has 0 aliphatic carbocycles. The van der Waals surface area contributed by atoms with Gasteiger partial charge in [-0.3, -0.25) is 14.7 Å². The van der Waals surface area contributed by atoms with E-state index in [-0.39, 0.29) is 23.5 Å². The zero-order chi connectivity index (χ0) is 20.3. The highest BCUT2D eigenvalue weighted by Gasteiger charge is 2.43. The van der Waals surface area contributed by atoms with Crippen LogP contribution in [0.25, 0.3) is 0 Å². The molecule has 1 atom stereocenters. The molecule has 1 aromatic carbocycles. The summed E-state index contributed by atoms with van der Waals surface area (Å²) in [5.41, 5.74) is 2.12. The molecule has 5 nitrogen and oxygen atoms in total. The van der Waals surface area contributed by atoms with Gasteiger partial charge in [0.1, 0.15) is 11.4 Å². The van der Waals surface area contributed by atoms with Gasteiger partial charge in [-0.1, -0.05) is 24.3 Å². The van der Waals surface area contributed by atoms with Crippen LogP contribution in [0.5, 0.6) is 5.75 Å². The number of piperidine rings is 1. The Morgan fingerprint density at radius 1 is 1.21 bits per heavy atom.